The number of rotatable bonds is 7. The van der Waals surface area contributed by atoms with Gasteiger partial charge in [0.15, 0.2) is 5.16 Å². The molecule has 0 fully saturated rings. The van der Waals surface area contributed by atoms with Gasteiger partial charge in [-0.05, 0) is 60.0 Å². The minimum atomic E-state index is -0.484. The van der Waals surface area contributed by atoms with Gasteiger partial charge < -0.3 is 5.32 Å². The monoisotopic (exact) mass is 479 g/mol. The summed E-state index contributed by atoms with van der Waals surface area (Å²) in [5.41, 5.74) is 1.42. The average Bonchev–Trinajstić information content (AvgIpc) is 2.81. The lowest BCUT2D eigenvalue weighted by Gasteiger charge is -2.14. The number of thioether (sulfide) groups is 1. The first-order chi connectivity index (χ1) is 16.3. The lowest BCUT2D eigenvalue weighted by atomic mass is 10.1. The summed E-state index contributed by atoms with van der Waals surface area (Å²) in [6.07, 6.45) is 0. The summed E-state index contributed by atoms with van der Waals surface area (Å²) in [6, 6.07) is 16.6. The Morgan fingerprint density at radius 1 is 1.03 bits per heavy atom. The Kier molecular flexibility index (Phi) is 7.07. The number of hydrogen-bond donors (Lipinski definition) is 1. The van der Waals surface area contributed by atoms with Crippen LogP contribution in [0.15, 0.2) is 76.7 Å². The molecule has 1 aromatic heterocycles. The van der Waals surface area contributed by atoms with Crippen molar-refractivity contribution in [2.24, 2.45) is 5.92 Å². The first kappa shape index (κ1) is 23.6. The Morgan fingerprint density at radius 3 is 2.47 bits per heavy atom. The maximum atomic E-state index is 14.0. The topological polar surface area (TPSA) is 64.0 Å². The summed E-state index contributed by atoms with van der Waals surface area (Å²) in [5.74, 6) is -0.445. The van der Waals surface area contributed by atoms with E-state index in [1.165, 1.54) is 46.7 Å². The number of fused-ring (bicyclic) bond motifs is 1. The van der Waals surface area contributed by atoms with Crippen LogP contribution in [0.5, 0.6) is 0 Å². The molecule has 0 atom stereocenters. The Morgan fingerprint density at radius 2 is 1.76 bits per heavy atom. The van der Waals surface area contributed by atoms with Gasteiger partial charge in [-0.2, -0.15) is 0 Å². The molecule has 0 aliphatic carbocycles. The van der Waals surface area contributed by atoms with Crippen molar-refractivity contribution in [1.29, 1.82) is 0 Å². The van der Waals surface area contributed by atoms with Crippen molar-refractivity contribution in [2.45, 2.75) is 24.8 Å². The van der Waals surface area contributed by atoms with Crippen LogP contribution in [0.25, 0.3) is 16.6 Å². The second-order valence-electron chi connectivity index (χ2n) is 8.27. The molecule has 0 bridgehead atoms. The zero-order chi connectivity index (χ0) is 24.2. The van der Waals surface area contributed by atoms with Crippen molar-refractivity contribution in [3.8, 4) is 5.69 Å². The van der Waals surface area contributed by atoms with Crippen LogP contribution >= 0.6 is 11.8 Å². The third-order valence-electron chi connectivity index (χ3n) is 5.10. The Balaban J connectivity index is 1.80. The lowest BCUT2D eigenvalue weighted by Crippen LogP contribution is -2.27. The maximum absolute atomic E-state index is 14.0. The third-order valence-corrected chi connectivity index (χ3v) is 6.10. The van der Waals surface area contributed by atoms with Gasteiger partial charge in [0.1, 0.15) is 11.6 Å². The van der Waals surface area contributed by atoms with E-state index in [2.05, 4.69) is 10.3 Å². The fraction of sp³-hybridized carbons (Fsp3) is 0.192. The third kappa shape index (κ3) is 5.34. The van der Waals surface area contributed by atoms with Crippen LogP contribution in [-0.2, 0) is 5.75 Å². The standard InChI is InChI=1S/C26H23F2N3O2S/c1-16(2)14-29-24(32)18-9-10-22-23(12-18)30-26(34-15-17-5-3-6-19(27)11-17)31(25(22)33)21-8-4-7-20(28)13-21/h3-13,16H,14-15H2,1-2H3,(H,29,32). The SMILES string of the molecule is CC(C)CNC(=O)c1ccc2c(=O)n(-c3cccc(F)c3)c(SCc3cccc(F)c3)nc2c1. The number of hydrogen-bond acceptors (Lipinski definition) is 4. The number of carbonyl (C=O) groups is 1. The lowest BCUT2D eigenvalue weighted by molar-refractivity contribution is 0.0949. The molecule has 1 heterocycles. The van der Waals surface area contributed by atoms with E-state index >= 15 is 0 Å². The zero-order valence-corrected chi connectivity index (χ0v) is 19.5. The summed E-state index contributed by atoms with van der Waals surface area (Å²) >= 11 is 1.23. The number of carbonyl (C=O) groups excluding carboxylic acids is 1. The normalized spacial score (nSPS) is 11.2. The molecule has 8 heteroatoms. The summed E-state index contributed by atoms with van der Waals surface area (Å²) in [6.45, 7) is 4.53. The average molecular weight is 480 g/mol. The van der Waals surface area contributed by atoms with Crippen molar-refractivity contribution in [2.75, 3.05) is 6.54 Å². The van der Waals surface area contributed by atoms with Gasteiger partial charge in [0.25, 0.3) is 11.5 Å². The second kappa shape index (κ2) is 10.2. The van der Waals surface area contributed by atoms with Gasteiger partial charge in [-0.3, -0.25) is 14.2 Å². The van der Waals surface area contributed by atoms with Crippen LogP contribution in [0.1, 0.15) is 29.8 Å². The molecule has 0 spiro atoms. The molecule has 174 valence electrons. The van der Waals surface area contributed by atoms with Crippen LogP contribution < -0.4 is 10.9 Å². The highest BCUT2D eigenvalue weighted by Gasteiger charge is 2.16. The van der Waals surface area contributed by atoms with E-state index in [1.54, 1.807) is 36.4 Å². The summed E-state index contributed by atoms with van der Waals surface area (Å²) < 4.78 is 28.9. The van der Waals surface area contributed by atoms with Crippen LogP contribution in [-0.4, -0.2) is 22.0 Å². The Labute approximate surface area is 199 Å². The Hall–Kier alpha value is -3.52. The Bertz CT molecular complexity index is 1420. The molecule has 0 radical (unpaired) electrons. The van der Waals surface area contributed by atoms with E-state index in [9.17, 15) is 18.4 Å². The summed E-state index contributed by atoms with van der Waals surface area (Å²) in [4.78, 5) is 30.6. The zero-order valence-electron chi connectivity index (χ0n) is 18.7. The largest absolute Gasteiger partial charge is 0.352 e. The molecule has 1 N–H and O–H groups in total. The smallest absolute Gasteiger partial charge is 0.266 e. The van der Waals surface area contributed by atoms with Gasteiger partial charge in [-0.1, -0.05) is 43.8 Å². The predicted octanol–water partition coefficient (Wildman–Crippen LogP) is 5.34. The van der Waals surface area contributed by atoms with Crippen molar-refractivity contribution < 1.29 is 13.6 Å². The molecule has 0 unspecified atom stereocenters. The quantitative estimate of drug-likeness (QED) is 0.287. The van der Waals surface area contributed by atoms with Crippen LogP contribution in [0.4, 0.5) is 8.78 Å². The highest BCUT2D eigenvalue weighted by Crippen LogP contribution is 2.25. The molecular formula is C26H23F2N3O2S. The first-order valence-corrected chi connectivity index (χ1v) is 11.8. The van der Waals surface area contributed by atoms with Crippen molar-refractivity contribution in [3.05, 3.63) is 99.8 Å². The molecule has 0 saturated carbocycles. The van der Waals surface area contributed by atoms with Gasteiger partial charge in [-0.25, -0.2) is 13.8 Å². The van der Waals surface area contributed by atoms with E-state index in [0.717, 1.165) is 0 Å². The molecule has 0 saturated heterocycles. The minimum absolute atomic E-state index is 0.249. The fourth-order valence-electron chi connectivity index (χ4n) is 3.42. The van der Waals surface area contributed by atoms with Gasteiger partial charge in [0.05, 0.1) is 16.6 Å². The molecule has 4 aromatic rings. The van der Waals surface area contributed by atoms with E-state index in [1.807, 2.05) is 13.8 Å². The van der Waals surface area contributed by atoms with E-state index in [-0.39, 0.29) is 17.3 Å². The molecule has 34 heavy (non-hydrogen) atoms. The van der Waals surface area contributed by atoms with E-state index in [0.29, 0.717) is 51.1 Å². The van der Waals surface area contributed by atoms with Gasteiger partial charge >= 0.3 is 0 Å². The molecule has 3 aromatic carbocycles. The molecule has 5 nitrogen and oxygen atoms in total. The molecule has 1 amide bonds. The summed E-state index contributed by atoms with van der Waals surface area (Å²) in [7, 11) is 0. The highest BCUT2D eigenvalue weighted by atomic mass is 32.2. The number of nitrogens with one attached hydrogen (secondary N) is 1. The highest BCUT2D eigenvalue weighted by molar-refractivity contribution is 7.98. The van der Waals surface area contributed by atoms with Crippen LogP contribution in [0.2, 0.25) is 0 Å². The molecule has 0 aliphatic heterocycles. The number of amides is 1. The van der Waals surface area contributed by atoms with Crippen molar-refractivity contribution >= 4 is 28.6 Å². The minimum Gasteiger partial charge on any atom is -0.352 e. The van der Waals surface area contributed by atoms with E-state index in [4.69, 9.17) is 0 Å². The fourth-order valence-corrected chi connectivity index (χ4v) is 4.38. The van der Waals surface area contributed by atoms with Crippen molar-refractivity contribution in [1.82, 2.24) is 14.9 Å². The van der Waals surface area contributed by atoms with Crippen LogP contribution in [0, 0.1) is 17.6 Å². The predicted molar refractivity (Wildman–Crippen MR) is 130 cm³/mol. The number of nitrogens with zero attached hydrogens (tertiary/aromatic N) is 2. The van der Waals surface area contributed by atoms with Gasteiger partial charge in [-0.15, -0.1) is 0 Å². The number of benzene rings is 3. The summed E-state index contributed by atoms with van der Waals surface area (Å²) in [5, 5.41) is 3.47. The van der Waals surface area contributed by atoms with E-state index < -0.39 is 5.82 Å². The molecular weight excluding hydrogens is 456 g/mol. The van der Waals surface area contributed by atoms with Crippen LogP contribution in [0.3, 0.4) is 0 Å². The van der Waals surface area contributed by atoms with Gasteiger partial charge in [0.2, 0.25) is 0 Å². The van der Waals surface area contributed by atoms with Gasteiger partial charge in [0, 0.05) is 17.9 Å². The molecule has 0 aliphatic rings. The number of aromatic nitrogens is 2. The second-order valence-corrected chi connectivity index (χ2v) is 9.21. The maximum Gasteiger partial charge on any atom is 0.266 e. The molecule has 4 rings (SSSR count). The van der Waals surface area contributed by atoms with Crippen molar-refractivity contribution in [3.63, 3.8) is 0 Å². The number of halogens is 2. The first-order valence-electron chi connectivity index (χ1n) is 10.8.